The third-order valence-electron chi connectivity index (χ3n) is 6.02. The number of amidine groups is 2. The van der Waals surface area contributed by atoms with Gasteiger partial charge in [0.1, 0.15) is 11.7 Å². The zero-order valence-corrected chi connectivity index (χ0v) is 20.8. The monoisotopic (exact) mass is 509 g/mol. The van der Waals surface area contributed by atoms with Crippen molar-refractivity contribution in [1.82, 2.24) is 10.6 Å². The zero-order chi connectivity index (χ0) is 26.5. The van der Waals surface area contributed by atoms with E-state index in [9.17, 15) is 14.4 Å². The number of carbonyl (C=O) groups excluding carboxylic acids is 3. The molecule has 5 rings (SSSR count). The van der Waals surface area contributed by atoms with Crippen LogP contribution < -0.4 is 26.6 Å². The van der Waals surface area contributed by atoms with Gasteiger partial charge in [0.2, 0.25) is 5.91 Å². The fourth-order valence-corrected chi connectivity index (χ4v) is 4.18. The third-order valence-corrected chi connectivity index (χ3v) is 6.02. The number of carbonyl (C=O) groups is 3. The molecule has 2 heterocycles. The summed E-state index contributed by atoms with van der Waals surface area (Å²) in [5, 5.41) is 14.8. The van der Waals surface area contributed by atoms with Gasteiger partial charge < -0.3 is 26.6 Å². The lowest BCUT2D eigenvalue weighted by Crippen LogP contribution is -2.20. The van der Waals surface area contributed by atoms with Crippen LogP contribution in [-0.2, 0) is 4.79 Å². The third kappa shape index (κ3) is 5.70. The number of amides is 3. The summed E-state index contributed by atoms with van der Waals surface area (Å²) in [6.07, 6.45) is 0. The van der Waals surface area contributed by atoms with Crippen LogP contribution in [0.2, 0.25) is 0 Å². The molecular weight excluding hydrogens is 482 g/mol. The SMILES string of the molecule is CC(=O)Nc1ccc(C(=O)Nc2ccc(C3=NCCN3)cc2)cc1C(=O)Nc1ccc(C2=NCCN2)cc1. The molecule has 0 aliphatic carbocycles. The molecule has 0 unspecified atom stereocenters. The Bertz CT molecular complexity index is 1440. The van der Waals surface area contributed by atoms with E-state index in [1.54, 1.807) is 36.4 Å². The molecule has 5 N–H and O–H groups in total. The van der Waals surface area contributed by atoms with E-state index in [0.717, 1.165) is 49.0 Å². The van der Waals surface area contributed by atoms with Crippen LogP contribution in [0.5, 0.6) is 0 Å². The average molecular weight is 510 g/mol. The van der Waals surface area contributed by atoms with Gasteiger partial charge in [0.05, 0.1) is 24.3 Å². The van der Waals surface area contributed by atoms with Crippen LogP contribution in [0.15, 0.2) is 76.7 Å². The van der Waals surface area contributed by atoms with Gasteiger partial charge >= 0.3 is 0 Å². The van der Waals surface area contributed by atoms with Crippen molar-refractivity contribution in [1.29, 1.82) is 0 Å². The van der Waals surface area contributed by atoms with Gasteiger partial charge in [-0.3, -0.25) is 24.4 Å². The number of nitrogens with one attached hydrogen (secondary N) is 5. The first-order chi connectivity index (χ1) is 18.5. The van der Waals surface area contributed by atoms with E-state index >= 15 is 0 Å². The summed E-state index contributed by atoms with van der Waals surface area (Å²) < 4.78 is 0. The van der Waals surface area contributed by atoms with Crippen LogP contribution >= 0.6 is 0 Å². The van der Waals surface area contributed by atoms with Gasteiger partial charge in [-0.25, -0.2) is 0 Å². The number of hydrogen-bond acceptors (Lipinski definition) is 7. The summed E-state index contributed by atoms with van der Waals surface area (Å²) >= 11 is 0. The number of hydrogen-bond donors (Lipinski definition) is 5. The first kappa shape index (κ1) is 24.7. The fourth-order valence-electron chi connectivity index (χ4n) is 4.18. The van der Waals surface area contributed by atoms with Gasteiger partial charge in [-0.2, -0.15) is 0 Å². The van der Waals surface area contributed by atoms with E-state index in [4.69, 9.17) is 0 Å². The highest BCUT2D eigenvalue weighted by molar-refractivity contribution is 6.13. The molecule has 10 heteroatoms. The molecule has 3 aromatic carbocycles. The Balaban J connectivity index is 1.32. The molecule has 3 amide bonds. The summed E-state index contributed by atoms with van der Waals surface area (Å²) in [6, 6.07) is 19.2. The predicted molar refractivity (Wildman–Crippen MR) is 148 cm³/mol. The lowest BCUT2D eigenvalue weighted by Gasteiger charge is -2.13. The first-order valence-corrected chi connectivity index (χ1v) is 12.3. The standard InChI is InChI=1S/C28H27N7O3/c1-17(36)33-24-11-6-20(27(37)34-21-7-2-18(3-8-21)25-29-12-13-30-25)16-23(24)28(38)35-22-9-4-19(5-10-22)26-31-14-15-32-26/h2-11,16H,12-15H2,1H3,(H,29,30)(H,31,32)(H,33,36)(H,34,37)(H,35,38). The van der Waals surface area contributed by atoms with Crippen LogP contribution in [0.1, 0.15) is 38.8 Å². The molecule has 10 nitrogen and oxygen atoms in total. The smallest absolute Gasteiger partial charge is 0.257 e. The van der Waals surface area contributed by atoms with E-state index < -0.39 is 5.91 Å². The van der Waals surface area contributed by atoms with E-state index in [0.29, 0.717) is 17.1 Å². The van der Waals surface area contributed by atoms with Gasteiger partial charge in [-0.15, -0.1) is 0 Å². The van der Waals surface area contributed by atoms with Crippen molar-refractivity contribution in [2.24, 2.45) is 9.98 Å². The van der Waals surface area contributed by atoms with Crippen molar-refractivity contribution >= 4 is 46.5 Å². The van der Waals surface area contributed by atoms with Gasteiger partial charge in [0.25, 0.3) is 11.8 Å². The van der Waals surface area contributed by atoms with Crippen molar-refractivity contribution < 1.29 is 14.4 Å². The summed E-state index contributed by atoms with van der Waals surface area (Å²) in [5.74, 6) is 0.499. The fraction of sp³-hybridized carbons (Fsp3) is 0.179. The Hall–Kier alpha value is -4.99. The number of aliphatic imine (C=N–C) groups is 2. The second kappa shape index (κ2) is 11.0. The second-order valence-corrected chi connectivity index (χ2v) is 8.82. The van der Waals surface area contributed by atoms with Gasteiger partial charge in [0.15, 0.2) is 0 Å². The number of anilines is 3. The van der Waals surface area contributed by atoms with E-state index in [-0.39, 0.29) is 22.9 Å². The molecule has 0 saturated heterocycles. The summed E-state index contributed by atoms with van der Waals surface area (Å²) in [4.78, 5) is 46.7. The maximum Gasteiger partial charge on any atom is 0.257 e. The van der Waals surface area contributed by atoms with Crippen LogP contribution in [0.4, 0.5) is 17.1 Å². The molecule has 38 heavy (non-hydrogen) atoms. The van der Waals surface area contributed by atoms with Crippen molar-refractivity contribution in [3.05, 3.63) is 89.0 Å². The zero-order valence-electron chi connectivity index (χ0n) is 20.8. The molecule has 0 spiro atoms. The predicted octanol–water partition coefficient (Wildman–Crippen LogP) is 2.85. The lowest BCUT2D eigenvalue weighted by molar-refractivity contribution is -0.114. The minimum Gasteiger partial charge on any atom is -0.368 e. The average Bonchev–Trinajstić information content (AvgIpc) is 3.65. The lowest BCUT2D eigenvalue weighted by atomic mass is 10.1. The Morgan fingerprint density at radius 3 is 1.68 bits per heavy atom. The minimum absolute atomic E-state index is 0.166. The maximum atomic E-state index is 13.2. The summed E-state index contributed by atoms with van der Waals surface area (Å²) in [7, 11) is 0. The van der Waals surface area contributed by atoms with Crippen LogP contribution in [0, 0.1) is 0 Å². The second-order valence-electron chi connectivity index (χ2n) is 8.82. The Morgan fingerprint density at radius 2 is 1.21 bits per heavy atom. The van der Waals surface area contributed by atoms with Crippen LogP contribution in [-0.4, -0.2) is 55.6 Å². The van der Waals surface area contributed by atoms with Crippen LogP contribution in [0.3, 0.4) is 0 Å². The van der Waals surface area contributed by atoms with E-state index in [1.807, 2.05) is 24.3 Å². The summed E-state index contributed by atoms with van der Waals surface area (Å²) in [5.41, 5.74) is 3.80. The van der Waals surface area contributed by atoms with E-state index in [2.05, 4.69) is 36.6 Å². The number of rotatable bonds is 7. The summed E-state index contributed by atoms with van der Waals surface area (Å²) in [6.45, 7) is 4.47. The number of benzene rings is 3. The molecule has 0 atom stereocenters. The molecule has 2 aliphatic heterocycles. The maximum absolute atomic E-state index is 13.2. The topological polar surface area (TPSA) is 136 Å². The quantitative estimate of drug-likeness (QED) is 0.334. The molecule has 0 saturated carbocycles. The molecular formula is C28H27N7O3. The van der Waals surface area contributed by atoms with Gasteiger partial charge in [0, 0.05) is 48.1 Å². The van der Waals surface area contributed by atoms with Crippen molar-refractivity contribution in [2.45, 2.75) is 6.92 Å². The highest BCUT2D eigenvalue weighted by atomic mass is 16.2. The van der Waals surface area contributed by atoms with Crippen molar-refractivity contribution in [3.8, 4) is 0 Å². The highest BCUT2D eigenvalue weighted by Crippen LogP contribution is 2.22. The Labute approximate surface area is 219 Å². The highest BCUT2D eigenvalue weighted by Gasteiger charge is 2.18. The molecule has 0 radical (unpaired) electrons. The molecule has 0 bridgehead atoms. The Morgan fingerprint density at radius 1 is 0.684 bits per heavy atom. The normalized spacial score (nSPS) is 14.0. The molecule has 0 aromatic heterocycles. The van der Waals surface area contributed by atoms with Crippen LogP contribution in [0.25, 0.3) is 0 Å². The van der Waals surface area contributed by atoms with Crippen molar-refractivity contribution in [3.63, 3.8) is 0 Å². The number of nitrogens with zero attached hydrogens (tertiary/aromatic N) is 2. The van der Waals surface area contributed by atoms with Gasteiger partial charge in [-0.1, -0.05) is 0 Å². The minimum atomic E-state index is -0.457. The van der Waals surface area contributed by atoms with Gasteiger partial charge in [-0.05, 0) is 66.7 Å². The first-order valence-electron chi connectivity index (χ1n) is 12.3. The Kier molecular flexibility index (Phi) is 7.12. The molecule has 192 valence electrons. The van der Waals surface area contributed by atoms with Crippen molar-refractivity contribution in [2.75, 3.05) is 42.1 Å². The molecule has 0 fully saturated rings. The molecule has 2 aliphatic rings. The molecule has 3 aromatic rings. The largest absolute Gasteiger partial charge is 0.368 e. The van der Waals surface area contributed by atoms with E-state index in [1.165, 1.54) is 13.0 Å².